The molecular formula is C19H19F3N2O3. The monoisotopic (exact) mass is 380 g/mol. The highest BCUT2D eigenvalue weighted by atomic mass is 19.4. The molecular weight excluding hydrogens is 361 g/mol. The van der Waals surface area contributed by atoms with Crippen molar-refractivity contribution in [3.8, 4) is 5.75 Å². The number of nitrogens with zero attached hydrogens (tertiary/aromatic N) is 1. The number of ether oxygens (including phenoxy) is 1. The molecule has 144 valence electrons. The molecule has 2 rings (SSSR count). The number of alkyl halides is 3. The van der Waals surface area contributed by atoms with E-state index in [2.05, 4.69) is 5.32 Å². The average Bonchev–Trinajstić information content (AvgIpc) is 2.61. The Morgan fingerprint density at radius 2 is 1.70 bits per heavy atom. The first-order chi connectivity index (χ1) is 12.7. The maximum atomic E-state index is 13.0. The molecule has 0 saturated carbocycles. The quantitative estimate of drug-likeness (QED) is 0.836. The Bertz CT molecular complexity index is 805. The molecule has 2 amide bonds. The zero-order valence-corrected chi connectivity index (χ0v) is 14.8. The van der Waals surface area contributed by atoms with Crippen LogP contribution in [0, 0.1) is 0 Å². The molecule has 0 aromatic heterocycles. The lowest BCUT2D eigenvalue weighted by Gasteiger charge is -2.18. The fourth-order valence-corrected chi connectivity index (χ4v) is 2.39. The number of hydrogen-bond acceptors (Lipinski definition) is 3. The van der Waals surface area contributed by atoms with E-state index < -0.39 is 17.6 Å². The number of para-hydroxylation sites is 1. The zero-order chi connectivity index (χ0) is 20.0. The largest absolute Gasteiger partial charge is 0.497 e. The molecule has 1 N–H and O–H groups in total. The summed E-state index contributed by atoms with van der Waals surface area (Å²) in [6, 6.07) is 11.6. The van der Waals surface area contributed by atoms with Crippen LogP contribution < -0.4 is 10.1 Å². The number of benzene rings is 2. The van der Waals surface area contributed by atoms with Crippen LogP contribution in [0.5, 0.6) is 5.75 Å². The SMILES string of the molecule is COc1ccc(CC(=O)N(C)CC(=O)Nc2ccccc2C(F)(F)F)cc1. The number of anilines is 1. The third-order valence-electron chi connectivity index (χ3n) is 3.83. The number of likely N-dealkylation sites (N-methyl/N-ethyl adjacent to an activating group) is 1. The van der Waals surface area contributed by atoms with Gasteiger partial charge in [0.2, 0.25) is 11.8 Å². The maximum Gasteiger partial charge on any atom is 0.418 e. The summed E-state index contributed by atoms with van der Waals surface area (Å²) in [6.07, 6.45) is -4.52. The molecule has 0 fully saturated rings. The second-order valence-corrected chi connectivity index (χ2v) is 5.87. The van der Waals surface area contributed by atoms with Crippen LogP contribution in [-0.4, -0.2) is 37.4 Å². The van der Waals surface area contributed by atoms with Gasteiger partial charge in [0.05, 0.1) is 31.3 Å². The second kappa shape index (κ2) is 8.57. The fourth-order valence-electron chi connectivity index (χ4n) is 2.39. The van der Waals surface area contributed by atoms with E-state index in [0.29, 0.717) is 5.75 Å². The van der Waals surface area contributed by atoms with E-state index in [1.807, 2.05) is 0 Å². The van der Waals surface area contributed by atoms with E-state index in [-0.39, 0.29) is 24.6 Å². The third kappa shape index (κ3) is 5.73. The Labute approximate surface area is 154 Å². The first-order valence-electron chi connectivity index (χ1n) is 8.03. The minimum Gasteiger partial charge on any atom is -0.497 e. The Hall–Kier alpha value is -3.03. The van der Waals surface area contributed by atoms with Crippen molar-refractivity contribution in [3.05, 3.63) is 59.7 Å². The number of carbonyl (C=O) groups excluding carboxylic acids is 2. The van der Waals surface area contributed by atoms with Gasteiger partial charge in [-0.25, -0.2) is 0 Å². The summed E-state index contributed by atoms with van der Waals surface area (Å²) in [5.41, 5.74) is -0.549. The van der Waals surface area contributed by atoms with Crippen molar-refractivity contribution >= 4 is 17.5 Å². The summed E-state index contributed by atoms with van der Waals surface area (Å²) in [7, 11) is 2.95. The van der Waals surface area contributed by atoms with E-state index in [9.17, 15) is 22.8 Å². The van der Waals surface area contributed by atoms with E-state index >= 15 is 0 Å². The molecule has 2 aromatic carbocycles. The van der Waals surface area contributed by atoms with Crippen molar-refractivity contribution in [2.24, 2.45) is 0 Å². The molecule has 0 radical (unpaired) electrons. The summed E-state index contributed by atoms with van der Waals surface area (Å²) in [5, 5.41) is 2.21. The van der Waals surface area contributed by atoms with E-state index in [1.165, 1.54) is 32.4 Å². The maximum absolute atomic E-state index is 13.0. The zero-order valence-electron chi connectivity index (χ0n) is 14.8. The number of nitrogens with one attached hydrogen (secondary N) is 1. The molecule has 0 atom stereocenters. The minimum absolute atomic E-state index is 0.0624. The molecule has 0 bridgehead atoms. The lowest BCUT2D eigenvalue weighted by Crippen LogP contribution is -2.36. The van der Waals surface area contributed by atoms with Crippen LogP contribution in [-0.2, 0) is 22.2 Å². The van der Waals surface area contributed by atoms with Gasteiger partial charge >= 0.3 is 6.18 Å². The number of rotatable bonds is 6. The Balaban J connectivity index is 1.96. The van der Waals surface area contributed by atoms with Gasteiger partial charge < -0.3 is 15.0 Å². The highest BCUT2D eigenvalue weighted by Crippen LogP contribution is 2.34. The number of methoxy groups -OCH3 is 1. The van der Waals surface area contributed by atoms with Crippen molar-refractivity contribution in [3.63, 3.8) is 0 Å². The van der Waals surface area contributed by atoms with Crippen LogP contribution in [0.25, 0.3) is 0 Å². The molecule has 0 aliphatic rings. The Morgan fingerprint density at radius 1 is 1.07 bits per heavy atom. The molecule has 0 unspecified atom stereocenters. The predicted molar refractivity (Wildman–Crippen MR) is 94.4 cm³/mol. The summed E-state index contributed by atoms with van der Waals surface area (Å²) < 4.78 is 43.9. The highest BCUT2D eigenvalue weighted by molar-refractivity contribution is 5.95. The van der Waals surface area contributed by atoms with Gasteiger partial charge in [0, 0.05) is 7.05 Å². The van der Waals surface area contributed by atoms with Gasteiger partial charge in [-0.1, -0.05) is 24.3 Å². The molecule has 27 heavy (non-hydrogen) atoms. The number of hydrogen-bond donors (Lipinski definition) is 1. The highest BCUT2D eigenvalue weighted by Gasteiger charge is 2.33. The van der Waals surface area contributed by atoms with E-state index in [4.69, 9.17) is 4.74 Å². The van der Waals surface area contributed by atoms with Crippen LogP contribution in [0.2, 0.25) is 0 Å². The van der Waals surface area contributed by atoms with Gasteiger partial charge in [-0.3, -0.25) is 9.59 Å². The number of carbonyl (C=O) groups is 2. The Morgan fingerprint density at radius 3 is 2.30 bits per heavy atom. The van der Waals surface area contributed by atoms with E-state index in [0.717, 1.165) is 16.5 Å². The Kier molecular flexibility index (Phi) is 6.44. The molecule has 0 heterocycles. The number of halogens is 3. The van der Waals surface area contributed by atoms with Gasteiger partial charge in [-0.15, -0.1) is 0 Å². The summed E-state index contributed by atoms with van der Waals surface area (Å²) in [4.78, 5) is 25.4. The van der Waals surface area contributed by atoms with Crippen molar-refractivity contribution in [2.75, 3.05) is 26.0 Å². The van der Waals surface area contributed by atoms with Crippen molar-refractivity contribution < 1.29 is 27.5 Å². The summed E-state index contributed by atoms with van der Waals surface area (Å²) in [5.74, 6) is -0.390. The predicted octanol–water partition coefficient (Wildman–Crippen LogP) is 3.35. The lowest BCUT2D eigenvalue weighted by atomic mass is 10.1. The molecule has 0 saturated heterocycles. The molecule has 8 heteroatoms. The summed E-state index contributed by atoms with van der Waals surface area (Å²) >= 11 is 0. The van der Waals surface area contributed by atoms with Gasteiger partial charge in [-0.2, -0.15) is 13.2 Å². The van der Waals surface area contributed by atoms with Gasteiger partial charge in [0.1, 0.15) is 5.75 Å². The standard InChI is InChI=1S/C19H19F3N2O3/c1-24(18(26)11-13-7-9-14(27-2)10-8-13)12-17(25)23-16-6-4-3-5-15(16)19(20,21)22/h3-10H,11-12H2,1-2H3,(H,23,25). The topological polar surface area (TPSA) is 58.6 Å². The molecule has 0 aliphatic heterocycles. The second-order valence-electron chi connectivity index (χ2n) is 5.87. The smallest absolute Gasteiger partial charge is 0.418 e. The first kappa shape index (κ1) is 20.3. The van der Waals surface area contributed by atoms with Crippen LogP contribution in [0.15, 0.2) is 48.5 Å². The first-order valence-corrected chi connectivity index (χ1v) is 8.03. The van der Waals surface area contributed by atoms with Crippen LogP contribution in [0.3, 0.4) is 0 Å². The molecule has 2 aromatic rings. The lowest BCUT2D eigenvalue weighted by molar-refractivity contribution is -0.137. The minimum atomic E-state index is -4.58. The van der Waals surface area contributed by atoms with Crippen LogP contribution >= 0.6 is 0 Å². The fraction of sp³-hybridized carbons (Fsp3) is 0.263. The van der Waals surface area contributed by atoms with Gasteiger partial charge in [-0.05, 0) is 29.8 Å². The van der Waals surface area contributed by atoms with Crippen molar-refractivity contribution in [2.45, 2.75) is 12.6 Å². The third-order valence-corrected chi connectivity index (χ3v) is 3.83. The number of amides is 2. The summed E-state index contributed by atoms with van der Waals surface area (Å²) in [6.45, 7) is -0.360. The molecule has 0 spiro atoms. The van der Waals surface area contributed by atoms with Crippen molar-refractivity contribution in [1.82, 2.24) is 4.90 Å². The van der Waals surface area contributed by atoms with Gasteiger partial charge in [0.25, 0.3) is 0 Å². The van der Waals surface area contributed by atoms with Crippen molar-refractivity contribution in [1.29, 1.82) is 0 Å². The average molecular weight is 380 g/mol. The van der Waals surface area contributed by atoms with Gasteiger partial charge in [0.15, 0.2) is 0 Å². The van der Waals surface area contributed by atoms with Crippen LogP contribution in [0.4, 0.5) is 18.9 Å². The van der Waals surface area contributed by atoms with Crippen LogP contribution in [0.1, 0.15) is 11.1 Å². The normalized spacial score (nSPS) is 11.0. The van der Waals surface area contributed by atoms with E-state index in [1.54, 1.807) is 24.3 Å². The molecule has 0 aliphatic carbocycles. The molecule has 5 nitrogen and oxygen atoms in total.